The first-order valence-corrected chi connectivity index (χ1v) is 7.22. The lowest BCUT2D eigenvalue weighted by atomic mass is 9.91. The van der Waals surface area contributed by atoms with Crippen LogP contribution in [0.15, 0.2) is 36.5 Å². The summed E-state index contributed by atoms with van der Waals surface area (Å²) in [6, 6.07) is 11.1. The Hall–Kier alpha value is -1.77. The fourth-order valence-electron chi connectivity index (χ4n) is 3.10. The molecule has 102 valence electrons. The molecule has 3 heteroatoms. The Morgan fingerprint density at radius 2 is 1.90 bits per heavy atom. The molecule has 0 aliphatic carbocycles. The number of pyridine rings is 1. The van der Waals surface area contributed by atoms with Gasteiger partial charge in [-0.15, -0.1) is 0 Å². The molecule has 0 N–H and O–H groups in total. The molecule has 1 aromatic heterocycles. The fourth-order valence-corrected chi connectivity index (χ4v) is 3.10. The maximum atomic E-state index is 4.73. The fraction of sp³-hybridized carbons (Fsp3) is 0.353. The van der Waals surface area contributed by atoms with E-state index in [-0.39, 0.29) is 5.41 Å². The quantitative estimate of drug-likeness (QED) is 0.775. The SMILES string of the molecule is BN1CC(C)(C)c2ncc(Cc3ccc(C)cc3)cc21. The molecule has 0 saturated carbocycles. The van der Waals surface area contributed by atoms with Crippen molar-refractivity contribution in [3.05, 3.63) is 58.9 Å². The average Bonchev–Trinajstić information content (AvgIpc) is 2.62. The number of anilines is 1. The Balaban J connectivity index is 1.90. The van der Waals surface area contributed by atoms with Crippen LogP contribution in [-0.2, 0) is 11.8 Å². The topological polar surface area (TPSA) is 16.1 Å². The Labute approximate surface area is 122 Å². The van der Waals surface area contributed by atoms with Gasteiger partial charge in [-0.05, 0) is 30.5 Å². The van der Waals surface area contributed by atoms with Gasteiger partial charge in [0.05, 0.1) is 5.69 Å². The monoisotopic (exact) mass is 264 g/mol. The first-order valence-electron chi connectivity index (χ1n) is 7.22. The minimum atomic E-state index is 0.159. The Morgan fingerprint density at radius 1 is 1.20 bits per heavy atom. The third-order valence-electron chi connectivity index (χ3n) is 4.14. The summed E-state index contributed by atoms with van der Waals surface area (Å²) < 4.78 is 0. The molecule has 0 bridgehead atoms. The van der Waals surface area contributed by atoms with Crippen LogP contribution in [0.1, 0.15) is 36.2 Å². The summed E-state index contributed by atoms with van der Waals surface area (Å²) >= 11 is 0. The van der Waals surface area contributed by atoms with Gasteiger partial charge < -0.3 is 4.81 Å². The summed E-state index contributed by atoms with van der Waals surface area (Å²) in [5.41, 5.74) is 6.62. The molecule has 0 fully saturated rings. The Morgan fingerprint density at radius 3 is 2.60 bits per heavy atom. The number of hydrogen-bond donors (Lipinski definition) is 0. The highest BCUT2D eigenvalue weighted by molar-refractivity contribution is 6.19. The number of aryl methyl sites for hydroxylation is 1. The highest BCUT2D eigenvalue weighted by Gasteiger charge is 2.34. The first-order chi connectivity index (χ1) is 9.45. The van der Waals surface area contributed by atoms with Crippen LogP contribution < -0.4 is 4.81 Å². The zero-order valence-corrected chi connectivity index (χ0v) is 12.8. The van der Waals surface area contributed by atoms with E-state index in [0.717, 1.165) is 13.0 Å². The summed E-state index contributed by atoms with van der Waals surface area (Å²) in [5.74, 6) is 0. The Bertz CT molecular complexity index is 632. The van der Waals surface area contributed by atoms with Gasteiger partial charge in [-0.1, -0.05) is 43.7 Å². The summed E-state index contributed by atoms with van der Waals surface area (Å²) in [6.07, 6.45) is 2.99. The molecule has 2 nitrogen and oxygen atoms in total. The molecule has 0 atom stereocenters. The maximum Gasteiger partial charge on any atom is 0.217 e. The van der Waals surface area contributed by atoms with Gasteiger partial charge in [0, 0.05) is 23.8 Å². The van der Waals surface area contributed by atoms with E-state index in [1.165, 1.54) is 28.1 Å². The lowest BCUT2D eigenvalue weighted by Gasteiger charge is -2.17. The van der Waals surface area contributed by atoms with E-state index in [4.69, 9.17) is 4.98 Å². The molecule has 0 saturated heterocycles. The minimum Gasteiger partial charge on any atom is -0.419 e. The third-order valence-corrected chi connectivity index (χ3v) is 4.14. The predicted molar refractivity (Wildman–Crippen MR) is 87.1 cm³/mol. The Kier molecular flexibility index (Phi) is 3.08. The van der Waals surface area contributed by atoms with E-state index >= 15 is 0 Å². The highest BCUT2D eigenvalue weighted by Crippen LogP contribution is 2.38. The van der Waals surface area contributed by atoms with Crippen LogP contribution in [-0.4, -0.2) is 19.5 Å². The molecule has 2 heterocycles. The van der Waals surface area contributed by atoms with Crippen molar-refractivity contribution in [2.75, 3.05) is 11.4 Å². The molecule has 0 radical (unpaired) electrons. The second-order valence-electron chi connectivity index (χ2n) is 6.61. The van der Waals surface area contributed by atoms with Gasteiger partial charge in [-0.2, -0.15) is 0 Å². The summed E-state index contributed by atoms with van der Waals surface area (Å²) in [5, 5.41) is 0. The highest BCUT2D eigenvalue weighted by atomic mass is 15.1. The molecule has 2 aromatic rings. The molecule has 1 aromatic carbocycles. The van der Waals surface area contributed by atoms with E-state index < -0.39 is 0 Å². The molecule has 3 rings (SSSR count). The van der Waals surface area contributed by atoms with Gasteiger partial charge >= 0.3 is 0 Å². The van der Waals surface area contributed by atoms with Gasteiger partial charge in [0.25, 0.3) is 0 Å². The first kappa shape index (κ1) is 13.2. The van der Waals surface area contributed by atoms with Crippen molar-refractivity contribution in [2.45, 2.75) is 32.6 Å². The van der Waals surface area contributed by atoms with E-state index in [1.54, 1.807) is 0 Å². The summed E-state index contributed by atoms with van der Waals surface area (Å²) in [7, 11) is 2.16. The van der Waals surface area contributed by atoms with Gasteiger partial charge in [0.15, 0.2) is 0 Å². The number of aromatic nitrogens is 1. The maximum absolute atomic E-state index is 4.73. The molecular weight excluding hydrogens is 243 g/mol. The smallest absolute Gasteiger partial charge is 0.217 e. The van der Waals surface area contributed by atoms with Gasteiger partial charge in [-0.25, -0.2) is 0 Å². The molecule has 1 aliphatic rings. The van der Waals surface area contributed by atoms with Crippen LogP contribution in [0.25, 0.3) is 0 Å². The molecule has 20 heavy (non-hydrogen) atoms. The van der Waals surface area contributed by atoms with E-state index in [1.807, 2.05) is 6.20 Å². The number of nitrogens with zero attached hydrogens (tertiary/aromatic N) is 2. The largest absolute Gasteiger partial charge is 0.419 e. The molecule has 0 spiro atoms. The van der Waals surface area contributed by atoms with Crippen LogP contribution >= 0.6 is 0 Å². The van der Waals surface area contributed by atoms with Crippen molar-refractivity contribution in [3.8, 4) is 0 Å². The molecule has 1 aliphatic heterocycles. The molecule has 0 unspecified atom stereocenters. The predicted octanol–water partition coefficient (Wildman–Crippen LogP) is 2.63. The number of rotatable bonds is 2. The lowest BCUT2D eigenvalue weighted by Crippen LogP contribution is -2.26. The van der Waals surface area contributed by atoms with E-state index in [0.29, 0.717) is 0 Å². The van der Waals surface area contributed by atoms with Crippen molar-refractivity contribution in [1.29, 1.82) is 0 Å². The lowest BCUT2D eigenvalue weighted by molar-refractivity contribution is 0.559. The van der Waals surface area contributed by atoms with Crippen molar-refractivity contribution >= 4 is 13.7 Å². The number of benzene rings is 1. The van der Waals surface area contributed by atoms with Gasteiger partial charge in [-0.3, -0.25) is 4.98 Å². The number of hydrogen-bond acceptors (Lipinski definition) is 2. The van der Waals surface area contributed by atoms with Crippen LogP contribution in [0.3, 0.4) is 0 Å². The van der Waals surface area contributed by atoms with E-state index in [9.17, 15) is 0 Å². The molecular formula is C17H21BN2. The second-order valence-corrected chi connectivity index (χ2v) is 6.61. The average molecular weight is 264 g/mol. The van der Waals surface area contributed by atoms with Crippen LogP contribution in [0.2, 0.25) is 0 Å². The van der Waals surface area contributed by atoms with Gasteiger partial charge in [0.1, 0.15) is 0 Å². The third kappa shape index (κ3) is 2.33. The minimum absolute atomic E-state index is 0.159. The normalized spacial score (nSPS) is 16.2. The second kappa shape index (κ2) is 4.66. The standard InChI is InChI=1S/C17H21BN2/c1-12-4-6-13(7-5-12)8-14-9-15-16(19-10-14)17(2,3)11-20(15)18/h4-7,9-10H,8,11,18H2,1-3H3. The summed E-state index contributed by atoms with van der Waals surface area (Å²) in [4.78, 5) is 7.05. The van der Waals surface area contributed by atoms with Crippen molar-refractivity contribution in [1.82, 2.24) is 4.98 Å². The van der Waals surface area contributed by atoms with Crippen LogP contribution in [0.4, 0.5) is 5.69 Å². The number of fused-ring (bicyclic) bond motifs is 1. The van der Waals surface area contributed by atoms with Crippen LogP contribution in [0, 0.1) is 6.92 Å². The van der Waals surface area contributed by atoms with Crippen molar-refractivity contribution in [2.24, 2.45) is 0 Å². The molecule has 0 amide bonds. The van der Waals surface area contributed by atoms with Crippen molar-refractivity contribution in [3.63, 3.8) is 0 Å². The zero-order chi connectivity index (χ0) is 14.3. The van der Waals surface area contributed by atoms with E-state index in [2.05, 4.69) is 63.9 Å². The van der Waals surface area contributed by atoms with Gasteiger partial charge in [0.2, 0.25) is 7.98 Å². The van der Waals surface area contributed by atoms with Crippen LogP contribution in [0.5, 0.6) is 0 Å². The summed E-state index contributed by atoms with van der Waals surface area (Å²) in [6.45, 7) is 7.70. The van der Waals surface area contributed by atoms with Crippen molar-refractivity contribution < 1.29 is 0 Å². The zero-order valence-electron chi connectivity index (χ0n) is 12.8.